The van der Waals surface area contributed by atoms with Crippen LogP contribution in [0.15, 0.2) is 0 Å². The number of nitrogens with zero attached hydrogens (tertiary/aromatic N) is 1. The lowest BCUT2D eigenvalue weighted by atomic mass is 9.86. The van der Waals surface area contributed by atoms with E-state index in [0.717, 1.165) is 38.4 Å². The van der Waals surface area contributed by atoms with Crippen molar-refractivity contribution in [3.63, 3.8) is 0 Å². The van der Waals surface area contributed by atoms with Crippen molar-refractivity contribution in [3.05, 3.63) is 0 Å². The summed E-state index contributed by atoms with van der Waals surface area (Å²) < 4.78 is 0. The topological polar surface area (TPSA) is 32.3 Å². The molecule has 1 saturated heterocycles. The second-order valence-corrected chi connectivity index (χ2v) is 5.74. The first-order chi connectivity index (χ1) is 8.25. The van der Waals surface area contributed by atoms with Crippen LogP contribution in [0.2, 0.25) is 0 Å². The lowest BCUT2D eigenvalue weighted by Crippen LogP contribution is -2.51. The molecule has 1 N–H and O–H groups in total. The zero-order valence-corrected chi connectivity index (χ0v) is 11.1. The van der Waals surface area contributed by atoms with E-state index in [2.05, 4.69) is 12.2 Å². The van der Waals surface area contributed by atoms with Gasteiger partial charge in [-0.05, 0) is 19.3 Å². The highest BCUT2D eigenvalue weighted by Crippen LogP contribution is 2.27. The first kappa shape index (κ1) is 12.9. The molecule has 0 bridgehead atoms. The van der Waals surface area contributed by atoms with Gasteiger partial charge in [0.1, 0.15) is 0 Å². The lowest BCUT2D eigenvalue weighted by Gasteiger charge is -2.32. The number of carbonyl (C=O) groups is 1. The van der Waals surface area contributed by atoms with Crippen molar-refractivity contribution < 1.29 is 4.79 Å². The third-order valence-electron chi connectivity index (χ3n) is 4.21. The quantitative estimate of drug-likeness (QED) is 0.817. The van der Waals surface area contributed by atoms with Crippen LogP contribution in [0.5, 0.6) is 0 Å². The van der Waals surface area contributed by atoms with Crippen molar-refractivity contribution in [2.24, 2.45) is 5.92 Å². The van der Waals surface area contributed by atoms with Gasteiger partial charge in [0, 0.05) is 32.1 Å². The maximum absolute atomic E-state index is 12.1. The molecule has 17 heavy (non-hydrogen) atoms. The van der Waals surface area contributed by atoms with Gasteiger partial charge in [-0.1, -0.05) is 32.1 Å². The molecular formula is C14H26N2O. The van der Waals surface area contributed by atoms with Gasteiger partial charge in [-0.15, -0.1) is 0 Å². The minimum Gasteiger partial charge on any atom is -0.340 e. The molecule has 1 aliphatic heterocycles. The first-order valence-corrected chi connectivity index (χ1v) is 7.27. The molecular weight excluding hydrogens is 212 g/mol. The van der Waals surface area contributed by atoms with Crippen LogP contribution in [0.3, 0.4) is 0 Å². The summed E-state index contributed by atoms with van der Waals surface area (Å²) in [7, 11) is 0. The number of piperazine rings is 1. The van der Waals surface area contributed by atoms with Crippen molar-refractivity contribution >= 4 is 5.91 Å². The van der Waals surface area contributed by atoms with E-state index >= 15 is 0 Å². The Balaban J connectivity index is 1.69. The van der Waals surface area contributed by atoms with Crippen molar-refractivity contribution in [2.45, 2.75) is 57.9 Å². The number of carbonyl (C=O) groups excluding carboxylic acids is 1. The van der Waals surface area contributed by atoms with Crippen LogP contribution >= 0.6 is 0 Å². The molecule has 0 spiro atoms. The Hall–Kier alpha value is -0.570. The summed E-state index contributed by atoms with van der Waals surface area (Å²) in [4.78, 5) is 14.1. The molecule has 2 aliphatic rings. The van der Waals surface area contributed by atoms with Crippen molar-refractivity contribution in [1.82, 2.24) is 10.2 Å². The zero-order valence-electron chi connectivity index (χ0n) is 11.1. The smallest absolute Gasteiger partial charge is 0.222 e. The van der Waals surface area contributed by atoms with Gasteiger partial charge in [0.25, 0.3) is 0 Å². The molecule has 0 aromatic rings. The fraction of sp³-hybridized carbons (Fsp3) is 0.929. The number of amides is 1. The van der Waals surface area contributed by atoms with Gasteiger partial charge in [-0.3, -0.25) is 4.79 Å². The predicted molar refractivity (Wildman–Crippen MR) is 69.9 cm³/mol. The fourth-order valence-electron chi connectivity index (χ4n) is 3.12. The van der Waals surface area contributed by atoms with Crippen LogP contribution in [-0.2, 0) is 4.79 Å². The number of rotatable bonds is 3. The lowest BCUT2D eigenvalue weighted by molar-refractivity contribution is -0.132. The minimum atomic E-state index is 0.379. The molecule has 0 aromatic heterocycles. The summed E-state index contributed by atoms with van der Waals surface area (Å²) in [6.07, 6.45) is 8.76. The second-order valence-electron chi connectivity index (χ2n) is 5.74. The minimum absolute atomic E-state index is 0.379. The van der Waals surface area contributed by atoms with Crippen LogP contribution in [-0.4, -0.2) is 36.5 Å². The standard InChI is InChI=1S/C14H26N2O/c1-12-11-16(10-9-15-12)14(17)8-7-13-5-3-2-4-6-13/h12-13,15H,2-11H2,1H3/t12-/m0/s1. The summed E-state index contributed by atoms with van der Waals surface area (Å²) in [5.41, 5.74) is 0. The SMILES string of the molecule is C[C@H]1CN(C(=O)CCC2CCCCC2)CCN1. The maximum atomic E-state index is 12.1. The van der Waals surface area contributed by atoms with E-state index in [1.165, 1.54) is 32.1 Å². The molecule has 1 amide bonds. The third kappa shape index (κ3) is 3.98. The van der Waals surface area contributed by atoms with Crippen LogP contribution in [0.4, 0.5) is 0 Å². The Bertz CT molecular complexity index is 249. The van der Waals surface area contributed by atoms with Crippen LogP contribution in [0, 0.1) is 5.92 Å². The van der Waals surface area contributed by atoms with E-state index in [4.69, 9.17) is 0 Å². The van der Waals surface area contributed by atoms with Crippen LogP contribution in [0.25, 0.3) is 0 Å². The first-order valence-electron chi connectivity index (χ1n) is 7.27. The average molecular weight is 238 g/mol. The summed E-state index contributed by atoms with van der Waals surface area (Å²) >= 11 is 0. The highest BCUT2D eigenvalue weighted by Gasteiger charge is 2.21. The molecule has 98 valence electrons. The second kappa shape index (κ2) is 6.39. The highest BCUT2D eigenvalue weighted by atomic mass is 16.2. The maximum Gasteiger partial charge on any atom is 0.222 e. The molecule has 1 heterocycles. The molecule has 1 aliphatic carbocycles. The average Bonchev–Trinajstić information content (AvgIpc) is 2.37. The predicted octanol–water partition coefficient (Wildman–Crippen LogP) is 2.17. The van der Waals surface area contributed by atoms with Crippen LogP contribution in [0.1, 0.15) is 51.9 Å². The Labute approximate surface area is 105 Å². The Morgan fingerprint density at radius 3 is 2.76 bits per heavy atom. The Kier molecular flexibility index (Phi) is 4.84. The van der Waals surface area contributed by atoms with E-state index in [9.17, 15) is 4.79 Å². The summed E-state index contributed by atoms with van der Waals surface area (Å²) in [6, 6.07) is 0.461. The summed E-state index contributed by atoms with van der Waals surface area (Å²) in [6.45, 7) is 4.90. The van der Waals surface area contributed by atoms with Gasteiger partial charge < -0.3 is 10.2 Å². The van der Waals surface area contributed by atoms with Crippen molar-refractivity contribution in [1.29, 1.82) is 0 Å². The number of nitrogens with one attached hydrogen (secondary N) is 1. The molecule has 3 heteroatoms. The number of hydrogen-bond donors (Lipinski definition) is 1. The van der Waals surface area contributed by atoms with Gasteiger partial charge in [0.15, 0.2) is 0 Å². The Morgan fingerprint density at radius 1 is 1.29 bits per heavy atom. The molecule has 0 aromatic carbocycles. The molecule has 2 rings (SSSR count). The van der Waals surface area contributed by atoms with E-state index < -0.39 is 0 Å². The third-order valence-corrected chi connectivity index (χ3v) is 4.21. The monoisotopic (exact) mass is 238 g/mol. The molecule has 0 unspecified atom stereocenters. The van der Waals surface area contributed by atoms with Gasteiger partial charge in [0.05, 0.1) is 0 Å². The van der Waals surface area contributed by atoms with E-state index in [0.29, 0.717) is 11.9 Å². The largest absolute Gasteiger partial charge is 0.340 e. The Morgan fingerprint density at radius 2 is 2.06 bits per heavy atom. The summed E-state index contributed by atoms with van der Waals surface area (Å²) in [5.74, 6) is 1.21. The van der Waals surface area contributed by atoms with Gasteiger partial charge >= 0.3 is 0 Å². The van der Waals surface area contributed by atoms with E-state index in [-0.39, 0.29) is 0 Å². The van der Waals surface area contributed by atoms with E-state index in [1.807, 2.05) is 4.90 Å². The molecule has 1 atom stereocenters. The van der Waals surface area contributed by atoms with Crippen molar-refractivity contribution in [2.75, 3.05) is 19.6 Å². The molecule has 3 nitrogen and oxygen atoms in total. The molecule has 2 fully saturated rings. The van der Waals surface area contributed by atoms with Gasteiger partial charge in [0.2, 0.25) is 5.91 Å². The molecule has 0 radical (unpaired) electrons. The highest BCUT2D eigenvalue weighted by molar-refractivity contribution is 5.76. The normalized spacial score (nSPS) is 27.1. The molecule has 1 saturated carbocycles. The fourth-order valence-corrected chi connectivity index (χ4v) is 3.12. The van der Waals surface area contributed by atoms with Gasteiger partial charge in [-0.25, -0.2) is 0 Å². The number of hydrogen-bond acceptors (Lipinski definition) is 2. The zero-order chi connectivity index (χ0) is 12.1. The summed E-state index contributed by atoms with van der Waals surface area (Å²) in [5, 5.41) is 3.38. The van der Waals surface area contributed by atoms with Crippen LogP contribution < -0.4 is 5.32 Å². The van der Waals surface area contributed by atoms with Crippen molar-refractivity contribution in [3.8, 4) is 0 Å². The van der Waals surface area contributed by atoms with E-state index in [1.54, 1.807) is 0 Å². The van der Waals surface area contributed by atoms with Gasteiger partial charge in [-0.2, -0.15) is 0 Å².